The minimum Gasteiger partial charge on any atom is -0.476 e. The van der Waals surface area contributed by atoms with Gasteiger partial charge in [0, 0.05) is 44.4 Å². The standard InChI is InChI=1S/C28H36FN3O5/c1-18-7-8-20(17-23(18)29)24(36-22-11-9-19(10-12-22)25(33)30-5)26(34)31(6)21-13-15-32(16-14-21)27(35)37-28(2,3)4/h7-12,17,21,24H,13-16H2,1-6H3,(H,30,33)/t24-/m1/s1. The van der Waals surface area contributed by atoms with Crippen LogP contribution >= 0.6 is 0 Å². The van der Waals surface area contributed by atoms with E-state index in [1.54, 1.807) is 67.2 Å². The number of aryl methyl sites for hydroxylation is 1. The lowest BCUT2D eigenvalue weighted by Gasteiger charge is -2.38. The number of amides is 3. The van der Waals surface area contributed by atoms with Gasteiger partial charge in [-0.3, -0.25) is 9.59 Å². The monoisotopic (exact) mass is 513 g/mol. The van der Waals surface area contributed by atoms with Crippen molar-refractivity contribution >= 4 is 17.9 Å². The highest BCUT2D eigenvalue weighted by atomic mass is 19.1. The van der Waals surface area contributed by atoms with Crippen molar-refractivity contribution in [3.05, 3.63) is 65.0 Å². The summed E-state index contributed by atoms with van der Waals surface area (Å²) in [7, 11) is 3.24. The second-order valence-corrected chi connectivity index (χ2v) is 10.3. The van der Waals surface area contributed by atoms with Gasteiger partial charge in [-0.2, -0.15) is 0 Å². The lowest BCUT2D eigenvalue weighted by atomic mass is 10.0. The molecule has 200 valence electrons. The first kappa shape index (κ1) is 28.0. The minimum absolute atomic E-state index is 0.122. The number of nitrogens with one attached hydrogen (secondary N) is 1. The number of rotatable bonds is 6. The van der Waals surface area contributed by atoms with E-state index >= 15 is 0 Å². The van der Waals surface area contributed by atoms with Crippen molar-refractivity contribution in [2.75, 3.05) is 27.2 Å². The molecule has 0 aliphatic carbocycles. The van der Waals surface area contributed by atoms with Crippen LogP contribution in [0.15, 0.2) is 42.5 Å². The fraction of sp³-hybridized carbons (Fsp3) is 0.464. The molecule has 1 saturated heterocycles. The van der Waals surface area contributed by atoms with Crippen LogP contribution in [0.2, 0.25) is 0 Å². The minimum atomic E-state index is -1.09. The van der Waals surface area contributed by atoms with Crippen molar-refractivity contribution in [1.82, 2.24) is 15.1 Å². The lowest BCUT2D eigenvalue weighted by molar-refractivity contribution is -0.140. The van der Waals surface area contributed by atoms with Crippen LogP contribution in [0.5, 0.6) is 5.75 Å². The molecular formula is C28H36FN3O5. The van der Waals surface area contributed by atoms with Crippen molar-refractivity contribution in [2.24, 2.45) is 0 Å². The maximum atomic E-state index is 14.4. The normalized spacial score (nSPS) is 15.1. The summed E-state index contributed by atoms with van der Waals surface area (Å²) in [6.45, 7) is 8.04. The Hall–Kier alpha value is -3.62. The zero-order valence-corrected chi connectivity index (χ0v) is 22.3. The van der Waals surface area contributed by atoms with Gasteiger partial charge in [0.05, 0.1) is 0 Å². The summed E-state index contributed by atoms with van der Waals surface area (Å²) in [4.78, 5) is 41.2. The maximum Gasteiger partial charge on any atom is 0.410 e. The molecule has 1 heterocycles. The van der Waals surface area contributed by atoms with Gasteiger partial charge < -0.3 is 24.6 Å². The molecule has 37 heavy (non-hydrogen) atoms. The Morgan fingerprint density at radius 2 is 1.70 bits per heavy atom. The van der Waals surface area contributed by atoms with Gasteiger partial charge in [-0.15, -0.1) is 0 Å². The molecule has 0 aromatic heterocycles. The SMILES string of the molecule is CNC(=O)c1ccc(O[C@@H](C(=O)N(C)C2CCN(C(=O)OC(C)(C)C)CC2)c2ccc(C)c(F)c2)cc1. The largest absolute Gasteiger partial charge is 0.476 e. The molecule has 1 N–H and O–H groups in total. The second-order valence-electron chi connectivity index (χ2n) is 10.3. The maximum absolute atomic E-state index is 14.4. The van der Waals surface area contributed by atoms with Crippen molar-refractivity contribution < 1.29 is 28.2 Å². The highest BCUT2D eigenvalue weighted by Gasteiger charge is 2.34. The van der Waals surface area contributed by atoms with Gasteiger partial charge in [0.1, 0.15) is 17.2 Å². The number of hydrogen-bond donors (Lipinski definition) is 1. The van der Waals surface area contributed by atoms with Crippen LogP contribution < -0.4 is 10.1 Å². The Bertz CT molecular complexity index is 1120. The number of benzene rings is 2. The van der Waals surface area contributed by atoms with Gasteiger partial charge in [0.2, 0.25) is 6.10 Å². The van der Waals surface area contributed by atoms with E-state index in [1.807, 2.05) is 20.8 Å². The van der Waals surface area contributed by atoms with Crippen LogP contribution in [0.3, 0.4) is 0 Å². The van der Waals surface area contributed by atoms with E-state index < -0.39 is 17.5 Å². The topological polar surface area (TPSA) is 88.2 Å². The fourth-order valence-electron chi connectivity index (χ4n) is 4.13. The molecule has 0 unspecified atom stereocenters. The zero-order valence-electron chi connectivity index (χ0n) is 22.3. The van der Waals surface area contributed by atoms with Crippen molar-refractivity contribution in [2.45, 2.75) is 58.3 Å². The van der Waals surface area contributed by atoms with Crippen LogP contribution in [-0.4, -0.2) is 66.5 Å². The van der Waals surface area contributed by atoms with E-state index in [0.717, 1.165) is 0 Å². The first-order valence-electron chi connectivity index (χ1n) is 12.4. The summed E-state index contributed by atoms with van der Waals surface area (Å²) >= 11 is 0. The van der Waals surface area contributed by atoms with Gasteiger partial charge in [-0.25, -0.2) is 9.18 Å². The Labute approximate surface area is 217 Å². The first-order valence-corrected chi connectivity index (χ1v) is 12.4. The molecule has 2 aromatic rings. The van der Waals surface area contributed by atoms with Crippen LogP contribution in [0, 0.1) is 12.7 Å². The highest BCUT2D eigenvalue weighted by molar-refractivity contribution is 5.94. The molecule has 1 aliphatic heterocycles. The summed E-state index contributed by atoms with van der Waals surface area (Å²) < 4.78 is 26.0. The molecule has 8 nitrogen and oxygen atoms in total. The molecule has 3 rings (SSSR count). The summed E-state index contributed by atoms with van der Waals surface area (Å²) in [6, 6.07) is 10.9. The Balaban J connectivity index is 1.77. The van der Waals surface area contributed by atoms with Crippen molar-refractivity contribution in [3.8, 4) is 5.75 Å². The molecule has 2 aromatic carbocycles. The molecule has 0 saturated carbocycles. The summed E-state index contributed by atoms with van der Waals surface area (Å²) in [5.41, 5.74) is 0.731. The third-order valence-electron chi connectivity index (χ3n) is 6.33. The number of likely N-dealkylation sites (N-methyl/N-ethyl adjacent to an activating group) is 1. The van der Waals surface area contributed by atoms with Crippen molar-refractivity contribution in [3.63, 3.8) is 0 Å². The number of hydrogen-bond acceptors (Lipinski definition) is 5. The number of likely N-dealkylation sites (tertiary alicyclic amines) is 1. The lowest BCUT2D eigenvalue weighted by Crippen LogP contribution is -2.49. The van der Waals surface area contributed by atoms with E-state index in [9.17, 15) is 18.8 Å². The van der Waals surface area contributed by atoms with Crippen LogP contribution in [-0.2, 0) is 9.53 Å². The first-order chi connectivity index (χ1) is 17.4. The van der Waals surface area contributed by atoms with Crippen LogP contribution in [0.25, 0.3) is 0 Å². The third kappa shape index (κ3) is 7.21. The smallest absolute Gasteiger partial charge is 0.410 e. The fourth-order valence-corrected chi connectivity index (χ4v) is 4.13. The summed E-state index contributed by atoms with van der Waals surface area (Å²) in [6.07, 6.45) is -0.291. The number of halogens is 1. The van der Waals surface area contributed by atoms with E-state index in [0.29, 0.717) is 48.4 Å². The number of ether oxygens (including phenoxy) is 2. The van der Waals surface area contributed by atoms with E-state index in [-0.39, 0.29) is 23.9 Å². The number of carbonyl (C=O) groups is 3. The molecule has 0 radical (unpaired) electrons. The molecule has 1 atom stereocenters. The zero-order chi connectivity index (χ0) is 27.3. The van der Waals surface area contributed by atoms with E-state index in [2.05, 4.69) is 5.32 Å². The number of nitrogens with zero attached hydrogens (tertiary/aromatic N) is 2. The number of piperidine rings is 1. The van der Waals surface area contributed by atoms with Gasteiger partial charge >= 0.3 is 6.09 Å². The Morgan fingerprint density at radius 3 is 2.24 bits per heavy atom. The van der Waals surface area contributed by atoms with E-state index in [4.69, 9.17) is 9.47 Å². The predicted octanol–water partition coefficient (Wildman–Crippen LogP) is 4.47. The van der Waals surface area contributed by atoms with Crippen molar-refractivity contribution in [1.29, 1.82) is 0 Å². The van der Waals surface area contributed by atoms with Gasteiger partial charge in [0.25, 0.3) is 11.8 Å². The summed E-state index contributed by atoms with van der Waals surface area (Å²) in [5, 5.41) is 2.55. The average molecular weight is 514 g/mol. The highest BCUT2D eigenvalue weighted by Crippen LogP contribution is 2.28. The number of carbonyl (C=O) groups excluding carboxylic acids is 3. The molecule has 0 bridgehead atoms. The van der Waals surface area contributed by atoms with Crippen LogP contribution in [0.1, 0.15) is 61.2 Å². The molecule has 9 heteroatoms. The molecule has 1 fully saturated rings. The Morgan fingerprint density at radius 1 is 1.08 bits per heavy atom. The second kappa shape index (κ2) is 11.6. The molecule has 3 amide bonds. The Kier molecular flexibility index (Phi) is 8.78. The molecule has 1 aliphatic rings. The van der Waals surface area contributed by atoms with Crippen LogP contribution in [0.4, 0.5) is 9.18 Å². The molecular weight excluding hydrogens is 477 g/mol. The molecule has 0 spiro atoms. The summed E-state index contributed by atoms with van der Waals surface area (Å²) in [5.74, 6) is -0.617. The third-order valence-corrected chi connectivity index (χ3v) is 6.33. The van der Waals surface area contributed by atoms with E-state index in [1.165, 1.54) is 6.07 Å². The quantitative estimate of drug-likeness (QED) is 0.616. The van der Waals surface area contributed by atoms with Gasteiger partial charge in [-0.1, -0.05) is 12.1 Å². The van der Waals surface area contributed by atoms with Gasteiger partial charge in [0.15, 0.2) is 0 Å². The van der Waals surface area contributed by atoms with Gasteiger partial charge in [-0.05, 0) is 76.4 Å². The average Bonchev–Trinajstić information content (AvgIpc) is 2.87. The predicted molar refractivity (Wildman–Crippen MR) is 138 cm³/mol.